The number of carbonyl (C=O) groups is 1. The molecule has 2 aliphatic rings. The van der Waals surface area contributed by atoms with Crippen molar-refractivity contribution in [3.05, 3.63) is 119 Å². The molecule has 0 atom stereocenters. The molecule has 0 aliphatic carbocycles. The van der Waals surface area contributed by atoms with Crippen molar-refractivity contribution in [2.45, 2.75) is 25.0 Å². The molecule has 0 unspecified atom stereocenters. The van der Waals surface area contributed by atoms with Crippen LogP contribution in [0.3, 0.4) is 0 Å². The van der Waals surface area contributed by atoms with E-state index < -0.39 is 5.60 Å². The van der Waals surface area contributed by atoms with Crippen molar-refractivity contribution in [2.75, 3.05) is 6.54 Å². The van der Waals surface area contributed by atoms with Crippen molar-refractivity contribution < 1.29 is 9.53 Å². The number of hydrogen-bond acceptors (Lipinski definition) is 2. The van der Waals surface area contributed by atoms with Gasteiger partial charge in [-0.3, -0.25) is 4.79 Å². The molecular weight excluding hydrogens is 358 g/mol. The largest absolute Gasteiger partial charge is 0.481 e. The molecule has 3 heteroatoms. The highest BCUT2D eigenvalue weighted by molar-refractivity contribution is 5.95. The average molecular weight is 381 g/mol. The van der Waals surface area contributed by atoms with Crippen LogP contribution in [0.2, 0.25) is 0 Å². The van der Waals surface area contributed by atoms with Crippen molar-refractivity contribution in [3.8, 4) is 0 Å². The van der Waals surface area contributed by atoms with Crippen LogP contribution in [-0.4, -0.2) is 17.4 Å². The topological polar surface area (TPSA) is 29.5 Å². The van der Waals surface area contributed by atoms with Crippen LogP contribution >= 0.6 is 0 Å². The normalized spacial score (nSPS) is 17.8. The second-order valence-corrected chi connectivity index (χ2v) is 7.70. The minimum Gasteiger partial charge on any atom is -0.481 e. The lowest BCUT2D eigenvalue weighted by atomic mass is 9.82. The third-order valence-corrected chi connectivity index (χ3v) is 5.91. The number of nitrogens with zero attached hydrogens (tertiary/aromatic N) is 1. The summed E-state index contributed by atoms with van der Waals surface area (Å²) in [6.07, 6.45) is 1.33. The summed E-state index contributed by atoms with van der Waals surface area (Å²) in [6.45, 7) is 1.33. The highest BCUT2D eigenvalue weighted by Crippen LogP contribution is 2.49. The number of amides is 1. The van der Waals surface area contributed by atoms with E-state index in [1.54, 1.807) is 0 Å². The molecule has 3 aromatic rings. The maximum Gasteiger partial charge on any atom is 0.253 e. The molecule has 0 spiro atoms. The Morgan fingerprint density at radius 1 is 0.793 bits per heavy atom. The summed E-state index contributed by atoms with van der Waals surface area (Å²) in [5, 5.41) is 0. The zero-order valence-corrected chi connectivity index (χ0v) is 16.3. The number of ether oxygens (including phenoxy) is 1. The molecule has 1 amide bonds. The Hall–Kier alpha value is -3.33. The van der Waals surface area contributed by atoms with Gasteiger partial charge in [0.25, 0.3) is 5.91 Å². The van der Waals surface area contributed by atoms with Crippen LogP contribution in [0.1, 0.15) is 29.5 Å². The predicted molar refractivity (Wildman–Crippen MR) is 113 cm³/mol. The maximum absolute atomic E-state index is 13.3. The van der Waals surface area contributed by atoms with Crippen molar-refractivity contribution in [1.82, 2.24) is 4.90 Å². The molecule has 3 nitrogen and oxygen atoms in total. The van der Waals surface area contributed by atoms with Crippen molar-refractivity contribution in [3.63, 3.8) is 0 Å². The van der Waals surface area contributed by atoms with E-state index in [-0.39, 0.29) is 5.91 Å². The molecule has 144 valence electrons. The fraction of sp³-hybridized carbons (Fsp3) is 0.192. The van der Waals surface area contributed by atoms with Crippen molar-refractivity contribution in [2.24, 2.45) is 0 Å². The molecule has 29 heavy (non-hydrogen) atoms. The Labute approximate surface area is 171 Å². The average Bonchev–Trinajstić information content (AvgIpc) is 3.20. The summed E-state index contributed by atoms with van der Waals surface area (Å²) in [7, 11) is 0. The van der Waals surface area contributed by atoms with E-state index >= 15 is 0 Å². The van der Waals surface area contributed by atoms with E-state index in [0.29, 0.717) is 19.5 Å². The van der Waals surface area contributed by atoms with Crippen LogP contribution in [0.4, 0.5) is 0 Å². The highest BCUT2D eigenvalue weighted by atomic mass is 16.5. The smallest absolute Gasteiger partial charge is 0.253 e. The zero-order valence-electron chi connectivity index (χ0n) is 16.3. The summed E-state index contributed by atoms with van der Waals surface area (Å²) >= 11 is 0. The van der Waals surface area contributed by atoms with Gasteiger partial charge in [0.05, 0.1) is 5.57 Å². The molecule has 2 aliphatic heterocycles. The monoisotopic (exact) mass is 381 g/mol. The summed E-state index contributed by atoms with van der Waals surface area (Å²) < 4.78 is 6.63. The van der Waals surface area contributed by atoms with Crippen LogP contribution in [0.15, 0.2) is 102 Å². The van der Waals surface area contributed by atoms with Crippen LogP contribution in [0, 0.1) is 0 Å². The van der Waals surface area contributed by atoms with Gasteiger partial charge in [0.1, 0.15) is 5.76 Å². The second kappa shape index (κ2) is 7.25. The van der Waals surface area contributed by atoms with E-state index in [1.807, 2.05) is 59.5 Å². The van der Waals surface area contributed by atoms with Gasteiger partial charge in [-0.1, -0.05) is 91.0 Å². The molecule has 0 bridgehead atoms. The van der Waals surface area contributed by atoms with E-state index in [2.05, 4.69) is 36.4 Å². The molecular formula is C26H23NO2. The van der Waals surface area contributed by atoms with E-state index in [9.17, 15) is 4.79 Å². The highest BCUT2D eigenvalue weighted by Gasteiger charge is 2.47. The van der Waals surface area contributed by atoms with E-state index in [4.69, 9.17) is 4.74 Å². The minimum absolute atomic E-state index is 0.101. The third-order valence-electron chi connectivity index (χ3n) is 5.91. The molecule has 2 heterocycles. The maximum atomic E-state index is 13.3. The summed E-state index contributed by atoms with van der Waals surface area (Å²) in [4.78, 5) is 15.3. The molecule has 3 aromatic carbocycles. The zero-order chi connectivity index (χ0) is 19.7. The van der Waals surface area contributed by atoms with Crippen molar-refractivity contribution >= 4 is 5.91 Å². The second-order valence-electron chi connectivity index (χ2n) is 7.70. The Kier molecular flexibility index (Phi) is 4.44. The van der Waals surface area contributed by atoms with Gasteiger partial charge in [-0.05, 0) is 5.56 Å². The van der Waals surface area contributed by atoms with Crippen LogP contribution < -0.4 is 0 Å². The lowest BCUT2D eigenvalue weighted by Gasteiger charge is -2.31. The van der Waals surface area contributed by atoms with Crippen LogP contribution in [0.5, 0.6) is 0 Å². The number of hydrogen-bond donors (Lipinski definition) is 0. The first kappa shape index (κ1) is 17.7. The fourth-order valence-electron chi connectivity index (χ4n) is 4.44. The van der Waals surface area contributed by atoms with E-state index in [1.165, 1.54) is 0 Å². The predicted octanol–water partition coefficient (Wildman–Crippen LogP) is 5.04. The molecule has 0 aromatic heterocycles. The molecule has 0 saturated heterocycles. The summed E-state index contributed by atoms with van der Waals surface area (Å²) in [6, 6.07) is 30.7. The fourth-order valence-corrected chi connectivity index (χ4v) is 4.44. The van der Waals surface area contributed by atoms with Gasteiger partial charge < -0.3 is 9.64 Å². The van der Waals surface area contributed by atoms with Crippen LogP contribution in [-0.2, 0) is 21.7 Å². The Morgan fingerprint density at radius 3 is 1.93 bits per heavy atom. The first-order chi connectivity index (χ1) is 14.3. The SMILES string of the molecule is O=C1C2=C(CCN1Cc1ccccc1)OC(c1ccccc1)(c1ccccc1)C2. The third kappa shape index (κ3) is 3.13. The van der Waals surface area contributed by atoms with Gasteiger partial charge in [0, 0.05) is 37.1 Å². The lowest BCUT2D eigenvalue weighted by Crippen LogP contribution is -2.36. The Bertz CT molecular complexity index is 1000. The standard InChI is InChI=1S/C26H23NO2/c28-25-23-18-26(21-12-6-2-7-13-21,22-14-8-3-9-15-22)29-24(23)16-17-27(25)19-20-10-4-1-5-11-20/h1-15H,16-19H2. The number of rotatable bonds is 4. The van der Waals surface area contributed by atoms with E-state index in [0.717, 1.165) is 34.4 Å². The molecule has 0 fully saturated rings. The minimum atomic E-state index is -0.633. The summed E-state index contributed by atoms with van der Waals surface area (Å²) in [5.41, 5.74) is 3.51. The molecule has 0 saturated carbocycles. The first-order valence-corrected chi connectivity index (χ1v) is 10.1. The summed E-state index contributed by atoms with van der Waals surface area (Å²) in [5.74, 6) is 0.954. The van der Waals surface area contributed by atoms with Gasteiger partial charge in [-0.25, -0.2) is 0 Å². The van der Waals surface area contributed by atoms with Gasteiger partial charge >= 0.3 is 0 Å². The van der Waals surface area contributed by atoms with Gasteiger partial charge in [0.2, 0.25) is 0 Å². The quantitative estimate of drug-likeness (QED) is 0.634. The molecule has 0 N–H and O–H groups in total. The lowest BCUT2D eigenvalue weighted by molar-refractivity contribution is -0.128. The first-order valence-electron chi connectivity index (χ1n) is 10.1. The Balaban J connectivity index is 1.48. The molecule has 5 rings (SSSR count). The van der Waals surface area contributed by atoms with Gasteiger partial charge in [0.15, 0.2) is 5.60 Å². The number of carbonyl (C=O) groups excluding carboxylic acids is 1. The van der Waals surface area contributed by atoms with Crippen molar-refractivity contribution in [1.29, 1.82) is 0 Å². The number of benzene rings is 3. The van der Waals surface area contributed by atoms with Crippen LogP contribution in [0.25, 0.3) is 0 Å². The Morgan fingerprint density at radius 2 is 1.34 bits per heavy atom. The molecule has 0 radical (unpaired) electrons. The van der Waals surface area contributed by atoms with Gasteiger partial charge in [-0.2, -0.15) is 0 Å². The van der Waals surface area contributed by atoms with Gasteiger partial charge in [-0.15, -0.1) is 0 Å².